The first-order chi connectivity index (χ1) is 27.3. The Balaban J connectivity index is 1.25. The number of benzene rings is 7. The summed E-state index contributed by atoms with van der Waals surface area (Å²) >= 11 is 5.05. The van der Waals surface area contributed by atoms with Crippen molar-refractivity contribution in [2.75, 3.05) is 0 Å². The lowest BCUT2D eigenvalue weighted by Gasteiger charge is -2.29. The molecule has 0 spiro atoms. The highest BCUT2D eigenvalue weighted by Gasteiger charge is 2.37. The number of hydrogen-bond donors (Lipinski definition) is 1. The molecule has 0 saturated heterocycles. The minimum absolute atomic E-state index is 0.0987. The van der Waals surface area contributed by atoms with Crippen LogP contribution in [0, 0.1) is 11.8 Å². The van der Waals surface area contributed by atoms with Gasteiger partial charge in [-0.05, 0) is 112 Å². The van der Waals surface area contributed by atoms with E-state index in [0.717, 1.165) is 27.1 Å². The molecule has 9 rings (SSSR count). The molecule has 0 radical (unpaired) electrons. The maximum absolute atomic E-state index is 5.05. The zero-order valence-electron chi connectivity index (χ0n) is 32.0. The average molecular weight is 737 g/mol. The summed E-state index contributed by atoms with van der Waals surface area (Å²) in [5, 5.41) is 4.85. The van der Waals surface area contributed by atoms with E-state index in [1.807, 2.05) is 24.3 Å². The van der Waals surface area contributed by atoms with Gasteiger partial charge in [-0.1, -0.05) is 173 Å². The van der Waals surface area contributed by atoms with Gasteiger partial charge in [0.25, 0.3) is 0 Å². The maximum atomic E-state index is 5.05. The van der Waals surface area contributed by atoms with Crippen LogP contribution in [0.25, 0.3) is 83.8 Å². The Morgan fingerprint density at radius 3 is 1.95 bits per heavy atom. The number of thiol groups is 1. The van der Waals surface area contributed by atoms with Crippen LogP contribution in [0.3, 0.4) is 0 Å². The van der Waals surface area contributed by atoms with Gasteiger partial charge in [0, 0.05) is 27.7 Å². The lowest BCUT2D eigenvalue weighted by molar-refractivity contribution is 0.661. The fraction of sp³-hybridized carbons (Fsp3) is 0.0909. The van der Waals surface area contributed by atoms with Crippen LogP contribution >= 0.6 is 12.6 Å². The lowest BCUT2D eigenvalue weighted by atomic mass is 9.74. The van der Waals surface area contributed by atoms with Crippen LogP contribution in [0.1, 0.15) is 41.7 Å². The van der Waals surface area contributed by atoms with E-state index in [9.17, 15) is 0 Å². The first-order valence-electron chi connectivity index (χ1n) is 19.4. The van der Waals surface area contributed by atoms with Gasteiger partial charge in [-0.2, -0.15) is 0 Å². The van der Waals surface area contributed by atoms with Crippen LogP contribution in [0.2, 0.25) is 0 Å². The Morgan fingerprint density at radius 1 is 0.571 bits per heavy atom. The number of fused-ring (bicyclic) bond motifs is 6. The number of hydrogen-bond acceptors (Lipinski definition) is 1. The molecule has 0 saturated carbocycles. The quantitative estimate of drug-likeness (QED) is 0.117. The van der Waals surface area contributed by atoms with Gasteiger partial charge >= 0.3 is 0 Å². The Hall–Kier alpha value is -6.15. The van der Waals surface area contributed by atoms with E-state index < -0.39 is 0 Å². The van der Waals surface area contributed by atoms with Gasteiger partial charge in [0.1, 0.15) is 0 Å². The summed E-state index contributed by atoms with van der Waals surface area (Å²) in [5.41, 5.74) is 16.7. The van der Waals surface area contributed by atoms with E-state index in [0.29, 0.717) is 0 Å². The molecule has 0 fully saturated rings. The van der Waals surface area contributed by atoms with Crippen LogP contribution in [0.15, 0.2) is 183 Å². The third kappa shape index (κ3) is 5.37. The van der Waals surface area contributed by atoms with Gasteiger partial charge in [-0.15, -0.1) is 25.8 Å². The van der Waals surface area contributed by atoms with Crippen molar-refractivity contribution >= 4 is 51.9 Å². The number of rotatable bonds is 8. The first-order valence-corrected chi connectivity index (χ1v) is 19.8. The van der Waals surface area contributed by atoms with Gasteiger partial charge in [0.05, 0.1) is 0 Å². The molecule has 2 aliphatic rings. The Morgan fingerprint density at radius 2 is 1.21 bits per heavy atom. The normalized spacial score (nSPS) is 16.6. The topological polar surface area (TPSA) is 0 Å². The Bertz CT molecular complexity index is 2860. The second-order valence-corrected chi connectivity index (χ2v) is 16.0. The molecule has 1 heteroatoms. The van der Waals surface area contributed by atoms with E-state index in [-0.39, 0.29) is 17.3 Å². The zero-order valence-corrected chi connectivity index (χ0v) is 32.9. The second-order valence-electron chi connectivity index (χ2n) is 15.5. The highest BCUT2D eigenvalue weighted by molar-refractivity contribution is 7.80. The molecule has 0 bridgehead atoms. The van der Waals surface area contributed by atoms with Crippen molar-refractivity contribution in [3.63, 3.8) is 0 Å². The van der Waals surface area contributed by atoms with Crippen LogP contribution in [0.4, 0.5) is 0 Å². The van der Waals surface area contributed by atoms with Crippen molar-refractivity contribution in [2.45, 2.75) is 24.2 Å². The van der Waals surface area contributed by atoms with Gasteiger partial charge in [0.15, 0.2) is 0 Å². The molecule has 0 N–H and O–H groups in total. The van der Waals surface area contributed by atoms with Crippen molar-refractivity contribution in [2.24, 2.45) is 11.8 Å². The monoisotopic (exact) mass is 736 g/mol. The van der Waals surface area contributed by atoms with E-state index in [4.69, 9.17) is 12.6 Å². The van der Waals surface area contributed by atoms with Gasteiger partial charge in [0.2, 0.25) is 0 Å². The summed E-state index contributed by atoms with van der Waals surface area (Å²) in [5.74, 6) is 0.266. The van der Waals surface area contributed by atoms with Crippen LogP contribution in [0.5, 0.6) is 0 Å². The minimum atomic E-state index is -0.153. The van der Waals surface area contributed by atoms with E-state index in [1.54, 1.807) is 0 Å². The van der Waals surface area contributed by atoms with E-state index >= 15 is 0 Å². The highest BCUT2D eigenvalue weighted by atomic mass is 32.1. The van der Waals surface area contributed by atoms with Crippen molar-refractivity contribution in [1.29, 1.82) is 0 Å². The fourth-order valence-electron chi connectivity index (χ4n) is 9.59. The minimum Gasteiger partial charge on any atom is -0.143 e. The molecular weight excluding hydrogens is 693 g/mol. The lowest BCUT2D eigenvalue weighted by Crippen LogP contribution is -2.14. The van der Waals surface area contributed by atoms with Crippen LogP contribution < -0.4 is 0 Å². The summed E-state index contributed by atoms with van der Waals surface area (Å²) in [4.78, 5) is 0.985. The molecule has 0 nitrogen and oxygen atoms in total. The third-order valence-corrected chi connectivity index (χ3v) is 12.6. The summed E-state index contributed by atoms with van der Waals surface area (Å²) in [7, 11) is 0. The summed E-state index contributed by atoms with van der Waals surface area (Å²) < 4.78 is 0. The zero-order chi connectivity index (χ0) is 38.7. The fourth-order valence-corrected chi connectivity index (χ4v) is 9.90. The first kappa shape index (κ1) is 35.5. The molecule has 0 amide bonds. The van der Waals surface area contributed by atoms with Gasteiger partial charge < -0.3 is 0 Å². The highest BCUT2D eigenvalue weighted by Crippen LogP contribution is 2.54. The molecule has 2 aliphatic carbocycles. The maximum Gasteiger partial charge on any atom is 0.0159 e. The molecule has 7 aromatic carbocycles. The summed E-state index contributed by atoms with van der Waals surface area (Å²) in [6.07, 6.45) is 14.6. The Labute approximate surface area is 336 Å². The van der Waals surface area contributed by atoms with Crippen molar-refractivity contribution < 1.29 is 0 Å². The predicted molar refractivity (Wildman–Crippen MR) is 247 cm³/mol. The van der Waals surface area contributed by atoms with E-state index in [2.05, 4.69) is 180 Å². The Kier molecular flexibility index (Phi) is 8.79. The summed E-state index contributed by atoms with van der Waals surface area (Å²) in [6, 6.07) is 44.5. The molecule has 0 aromatic heterocycles. The molecule has 2 unspecified atom stereocenters. The van der Waals surface area contributed by atoms with Crippen molar-refractivity contribution in [1.82, 2.24) is 0 Å². The van der Waals surface area contributed by atoms with E-state index in [1.165, 1.54) is 77.2 Å². The summed E-state index contributed by atoms with van der Waals surface area (Å²) in [6.45, 7) is 21.8. The van der Waals surface area contributed by atoms with Crippen molar-refractivity contribution in [3.05, 3.63) is 206 Å². The molecule has 0 aliphatic heterocycles. The third-order valence-electron chi connectivity index (χ3n) is 12.2. The smallest absolute Gasteiger partial charge is 0.0159 e. The van der Waals surface area contributed by atoms with Crippen LogP contribution in [-0.2, 0) is 5.41 Å². The standard InChI is InChI=1S/C55H44S/c1-7-34-20-17-25-43(40(34)8-2)53-42(10-4)41(9-3)50(44-23-14-15-24-45(44)53)39-22-16-21-37(32-39)38-27-29-47-46(33-38)54-48(55(47,5)6)30-26-36-28-31-49(56)51(52(36)54)35-18-12-11-13-19-35/h7-34,40,56H,1-4H2,5-6H3. The SMILES string of the molecule is C=Cc1c(C=C)c(-c2cccc(-c3ccc4c(c3)-c3c(ccc5ccc(S)c(-c6ccccc6)c35)C4(C)C)c2)c2ccccc2c1C1=CC=CC(C=C)C1C=C. The van der Waals surface area contributed by atoms with Gasteiger partial charge in [-0.3, -0.25) is 0 Å². The van der Waals surface area contributed by atoms with Crippen molar-refractivity contribution in [3.8, 4) is 44.5 Å². The second kappa shape index (κ2) is 13.9. The molecule has 7 aromatic rings. The average Bonchev–Trinajstić information content (AvgIpc) is 3.47. The number of allylic oxidation sites excluding steroid dienone is 6. The molecular formula is C55H44S. The largest absolute Gasteiger partial charge is 0.143 e. The molecule has 2 atom stereocenters. The molecule has 56 heavy (non-hydrogen) atoms. The molecule has 0 heterocycles. The van der Waals surface area contributed by atoms with Gasteiger partial charge in [-0.25, -0.2) is 0 Å². The predicted octanol–water partition coefficient (Wildman–Crippen LogP) is 15.4. The molecule has 270 valence electrons. The van der Waals surface area contributed by atoms with Crippen LogP contribution in [-0.4, -0.2) is 0 Å².